The van der Waals surface area contributed by atoms with Crippen LogP contribution in [0, 0.1) is 6.92 Å². The lowest BCUT2D eigenvalue weighted by Gasteiger charge is -2.35. The number of nitrogens with one attached hydrogen (secondary N) is 1. The lowest BCUT2D eigenvalue weighted by atomic mass is 9.74. The van der Waals surface area contributed by atoms with Gasteiger partial charge in [0.2, 0.25) is 0 Å². The van der Waals surface area contributed by atoms with Gasteiger partial charge in [0.05, 0.1) is 11.5 Å². The zero-order valence-electron chi connectivity index (χ0n) is 18.0. The molecule has 0 aromatic carbocycles. The molecule has 2 atom stereocenters. The largest absolute Gasteiger partial charge is 0.461 e. The van der Waals surface area contributed by atoms with E-state index in [1.54, 1.807) is 34.4 Å². The Morgan fingerprint density at radius 2 is 2.06 bits per heavy atom. The van der Waals surface area contributed by atoms with Gasteiger partial charge in [-0.15, -0.1) is 22.7 Å². The maximum atomic E-state index is 13.4. The standard InChI is InChI=1S/C24H27NO3S3/c1-4-29-11-9-28-24(27)21-15(3)25-17-12-16(19-6-5-10-30-19)13-18(26)22(17)23(21)20-8-7-14(2)31-20/h5-8,10,16,23,25H,4,9,11-13H2,1-3H3. The van der Waals surface area contributed by atoms with E-state index in [0.717, 1.165) is 39.8 Å². The van der Waals surface area contributed by atoms with E-state index in [1.807, 2.05) is 19.1 Å². The summed E-state index contributed by atoms with van der Waals surface area (Å²) in [6, 6.07) is 8.25. The molecule has 0 radical (unpaired) electrons. The van der Waals surface area contributed by atoms with Crippen molar-refractivity contribution < 1.29 is 14.3 Å². The van der Waals surface area contributed by atoms with Crippen LogP contribution in [0.15, 0.2) is 52.2 Å². The SMILES string of the molecule is CCSCCOC(=O)C1=C(C)NC2=C(C(=O)CC(c3cccs3)C2)C1c1ccc(C)s1. The van der Waals surface area contributed by atoms with Crippen LogP contribution in [0.3, 0.4) is 0 Å². The number of carbonyl (C=O) groups excluding carboxylic acids is 2. The van der Waals surface area contributed by atoms with Crippen LogP contribution in [0.1, 0.15) is 53.2 Å². The number of allylic oxidation sites excluding steroid dienone is 3. The van der Waals surface area contributed by atoms with Crippen molar-refractivity contribution in [2.75, 3.05) is 18.1 Å². The van der Waals surface area contributed by atoms with E-state index in [2.05, 4.69) is 36.7 Å². The number of dihydropyridines is 1. The van der Waals surface area contributed by atoms with Crippen LogP contribution in [0.2, 0.25) is 0 Å². The Labute approximate surface area is 195 Å². The van der Waals surface area contributed by atoms with E-state index < -0.39 is 0 Å². The Morgan fingerprint density at radius 1 is 1.23 bits per heavy atom. The van der Waals surface area contributed by atoms with Gasteiger partial charge in [0.25, 0.3) is 0 Å². The summed E-state index contributed by atoms with van der Waals surface area (Å²) in [5, 5.41) is 5.48. The molecule has 0 fully saturated rings. The lowest BCUT2D eigenvalue weighted by Crippen LogP contribution is -2.35. The number of hydrogen-bond donors (Lipinski definition) is 1. The van der Waals surface area contributed by atoms with Crippen molar-refractivity contribution in [1.82, 2.24) is 5.32 Å². The Hall–Kier alpha value is -1.83. The van der Waals surface area contributed by atoms with Gasteiger partial charge in [-0.3, -0.25) is 4.79 Å². The monoisotopic (exact) mass is 473 g/mol. The van der Waals surface area contributed by atoms with Crippen molar-refractivity contribution in [2.24, 2.45) is 0 Å². The third-order valence-electron chi connectivity index (χ3n) is 5.70. The molecule has 3 heterocycles. The highest BCUT2D eigenvalue weighted by atomic mass is 32.2. The number of Topliss-reactive ketones (excluding diaryl/α,β-unsaturated/α-hetero) is 1. The van der Waals surface area contributed by atoms with Gasteiger partial charge in [0, 0.05) is 49.7 Å². The number of rotatable bonds is 7. The average Bonchev–Trinajstić information content (AvgIpc) is 3.42. The molecule has 0 saturated carbocycles. The minimum absolute atomic E-state index is 0.127. The van der Waals surface area contributed by atoms with E-state index in [1.165, 1.54) is 9.75 Å². The summed E-state index contributed by atoms with van der Waals surface area (Å²) in [6.45, 7) is 6.45. The van der Waals surface area contributed by atoms with Crippen LogP contribution in [0.25, 0.3) is 0 Å². The van der Waals surface area contributed by atoms with Crippen LogP contribution in [0.4, 0.5) is 0 Å². The molecular weight excluding hydrogens is 446 g/mol. The van der Waals surface area contributed by atoms with Crippen molar-refractivity contribution in [3.63, 3.8) is 0 Å². The number of thiophene rings is 2. The summed E-state index contributed by atoms with van der Waals surface area (Å²) in [7, 11) is 0. The molecule has 1 N–H and O–H groups in total. The van der Waals surface area contributed by atoms with Crippen LogP contribution < -0.4 is 5.32 Å². The first-order valence-corrected chi connectivity index (χ1v) is 13.4. The molecule has 4 rings (SSSR count). The summed E-state index contributed by atoms with van der Waals surface area (Å²) in [6.07, 6.45) is 1.27. The molecule has 2 aromatic rings. The fourth-order valence-electron chi connectivity index (χ4n) is 4.34. The predicted molar refractivity (Wildman–Crippen MR) is 130 cm³/mol. The van der Waals surface area contributed by atoms with Crippen LogP contribution >= 0.6 is 34.4 Å². The third kappa shape index (κ3) is 4.69. The van der Waals surface area contributed by atoms with Gasteiger partial charge in [-0.05, 0) is 49.6 Å². The molecule has 0 spiro atoms. The highest BCUT2D eigenvalue weighted by molar-refractivity contribution is 7.99. The first-order valence-electron chi connectivity index (χ1n) is 10.6. The molecular formula is C24H27NO3S3. The summed E-state index contributed by atoms with van der Waals surface area (Å²) in [5.74, 6) is 1.42. The Balaban J connectivity index is 1.69. The van der Waals surface area contributed by atoms with Gasteiger partial charge in [0.1, 0.15) is 6.61 Å². The van der Waals surface area contributed by atoms with Crippen LogP contribution in [0.5, 0.6) is 0 Å². The average molecular weight is 474 g/mol. The maximum Gasteiger partial charge on any atom is 0.336 e. The van der Waals surface area contributed by atoms with Crippen molar-refractivity contribution in [3.8, 4) is 0 Å². The second-order valence-corrected chi connectivity index (χ2v) is 11.5. The molecule has 2 aliphatic rings. The van der Waals surface area contributed by atoms with Gasteiger partial charge in [0.15, 0.2) is 5.78 Å². The van der Waals surface area contributed by atoms with E-state index >= 15 is 0 Å². The third-order valence-corrected chi connectivity index (χ3v) is 8.67. The quantitative estimate of drug-likeness (QED) is 0.408. The van der Waals surface area contributed by atoms with Crippen molar-refractivity contribution >= 4 is 46.2 Å². The fourth-order valence-corrected chi connectivity index (χ4v) is 6.66. The normalized spacial score (nSPS) is 21.2. The molecule has 2 aromatic heterocycles. The number of esters is 1. The van der Waals surface area contributed by atoms with Crippen molar-refractivity contribution in [3.05, 3.63) is 66.8 Å². The number of hydrogen-bond acceptors (Lipinski definition) is 7. The smallest absolute Gasteiger partial charge is 0.336 e. The second-order valence-electron chi connectivity index (χ2n) is 7.81. The minimum atomic E-state index is -0.349. The van der Waals surface area contributed by atoms with Gasteiger partial charge in [-0.2, -0.15) is 11.8 Å². The molecule has 0 bridgehead atoms. The molecule has 31 heavy (non-hydrogen) atoms. The predicted octanol–water partition coefficient (Wildman–Crippen LogP) is 5.78. The fraction of sp³-hybridized carbons (Fsp3) is 0.417. The first kappa shape index (κ1) is 22.4. The highest BCUT2D eigenvalue weighted by Gasteiger charge is 2.42. The van der Waals surface area contributed by atoms with Gasteiger partial charge in [-0.25, -0.2) is 4.79 Å². The zero-order valence-corrected chi connectivity index (χ0v) is 20.5. The molecule has 1 aliphatic heterocycles. The number of carbonyl (C=O) groups is 2. The molecule has 7 heteroatoms. The van der Waals surface area contributed by atoms with Crippen molar-refractivity contribution in [2.45, 2.75) is 45.4 Å². The molecule has 164 valence electrons. The number of thioether (sulfide) groups is 1. The first-order chi connectivity index (χ1) is 15.0. The molecule has 0 amide bonds. The lowest BCUT2D eigenvalue weighted by molar-refractivity contribution is -0.138. The molecule has 0 saturated heterocycles. The minimum Gasteiger partial charge on any atom is -0.461 e. The van der Waals surface area contributed by atoms with Gasteiger partial charge in [-0.1, -0.05) is 13.0 Å². The Bertz CT molecular complexity index is 1030. The zero-order chi connectivity index (χ0) is 22.0. The van der Waals surface area contributed by atoms with Crippen LogP contribution in [-0.2, 0) is 14.3 Å². The Morgan fingerprint density at radius 3 is 2.74 bits per heavy atom. The molecule has 4 nitrogen and oxygen atoms in total. The molecule has 1 aliphatic carbocycles. The summed E-state index contributed by atoms with van der Waals surface area (Å²) < 4.78 is 5.62. The summed E-state index contributed by atoms with van der Waals surface area (Å²) in [4.78, 5) is 30.0. The van der Waals surface area contributed by atoms with E-state index in [-0.39, 0.29) is 23.6 Å². The summed E-state index contributed by atoms with van der Waals surface area (Å²) in [5.41, 5.74) is 3.07. The van der Waals surface area contributed by atoms with Crippen LogP contribution in [-0.4, -0.2) is 29.9 Å². The second kappa shape index (κ2) is 9.76. The van der Waals surface area contributed by atoms with Crippen molar-refractivity contribution in [1.29, 1.82) is 0 Å². The summed E-state index contributed by atoms with van der Waals surface area (Å²) >= 11 is 5.10. The Kier molecular flexibility index (Phi) is 7.04. The van der Waals surface area contributed by atoms with Gasteiger partial charge < -0.3 is 10.1 Å². The highest BCUT2D eigenvalue weighted by Crippen LogP contribution is 2.47. The topological polar surface area (TPSA) is 55.4 Å². The number of ether oxygens (including phenoxy) is 1. The molecule has 2 unspecified atom stereocenters. The number of ketones is 1. The van der Waals surface area contributed by atoms with E-state index in [0.29, 0.717) is 18.6 Å². The van der Waals surface area contributed by atoms with Gasteiger partial charge >= 0.3 is 5.97 Å². The number of aryl methyl sites for hydroxylation is 1. The maximum absolute atomic E-state index is 13.4. The van der Waals surface area contributed by atoms with E-state index in [4.69, 9.17) is 4.74 Å². The van der Waals surface area contributed by atoms with E-state index in [9.17, 15) is 9.59 Å².